The van der Waals surface area contributed by atoms with Crippen molar-refractivity contribution in [2.75, 3.05) is 0 Å². The standard InChI is InChI=1S/C14H22O3/c1-14(7-3-2-4-8-14)13(15)16-10-5-6-11-12(9-10)17-11/h10-12H,2-9H2,1H3. The predicted octanol–water partition coefficient (Wildman–Crippen LogP) is 2.82. The van der Waals surface area contributed by atoms with Crippen LogP contribution in [0.2, 0.25) is 0 Å². The smallest absolute Gasteiger partial charge is 0.312 e. The maximum absolute atomic E-state index is 12.2. The summed E-state index contributed by atoms with van der Waals surface area (Å²) in [7, 11) is 0. The lowest BCUT2D eigenvalue weighted by Gasteiger charge is -2.33. The zero-order valence-electron chi connectivity index (χ0n) is 10.6. The monoisotopic (exact) mass is 238 g/mol. The van der Waals surface area contributed by atoms with Crippen molar-refractivity contribution in [1.29, 1.82) is 0 Å². The topological polar surface area (TPSA) is 38.8 Å². The summed E-state index contributed by atoms with van der Waals surface area (Å²) in [6.07, 6.45) is 9.58. The van der Waals surface area contributed by atoms with Crippen LogP contribution in [0.1, 0.15) is 58.3 Å². The molecule has 0 amide bonds. The molecule has 2 saturated carbocycles. The van der Waals surface area contributed by atoms with Crippen LogP contribution in [-0.2, 0) is 14.3 Å². The highest BCUT2D eigenvalue weighted by atomic mass is 16.6. The number of epoxide rings is 1. The second kappa shape index (κ2) is 4.27. The molecule has 3 unspecified atom stereocenters. The third-order valence-electron chi connectivity index (χ3n) is 4.68. The summed E-state index contributed by atoms with van der Waals surface area (Å²) in [5.41, 5.74) is -0.209. The van der Waals surface area contributed by atoms with Gasteiger partial charge in [-0.25, -0.2) is 0 Å². The molecule has 0 aromatic rings. The van der Waals surface area contributed by atoms with Crippen molar-refractivity contribution in [3.8, 4) is 0 Å². The summed E-state index contributed by atoms with van der Waals surface area (Å²) in [6.45, 7) is 2.08. The number of carbonyl (C=O) groups excluding carboxylic acids is 1. The summed E-state index contributed by atoms with van der Waals surface area (Å²) in [6, 6.07) is 0. The van der Waals surface area contributed by atoms with E-state index in [4.69, 9.17) is 9.47 Å². The maximum atomic E-state index is 12.2. The second-order valence-corrected chi connectivity index (χ2v) is 6.17. The van der Waals surface area contributed by atoms with Crippen molar-refractivity contribution >= 4 is 5.97 Å². The second-order valence-electron chi connectivity index (χ2n) is 6.17. The lowest BCUT2D eigenvalue weighted by molar-refractivity contribution is -0.163. The van der Waals surface area contributed by atoms with Crippen LogP contribution < -0.4 is 0 Å². The average molecular weight is 238 g/mol. The Morgan fingerprint density at radius 1 is 1.18 bits per heavy atom. The third kappa shape index (κ3) is 2.35. The van der Waals surface area contributed by atoms with Crippen LogP contribution in [0.5, 0.6) is 0 Å². The Hall–Kier alpha value is -0.570. The first-order chi connectivity index (χ1) is 8.17. The van der Waals surface area contributed by atoms with Gasteiger partial charge in [-0.2, -0.15) is 0 Å². The van der Waals surface area contributed by atoms with Gasteiger partial charge in [0.05, 0.1) is 17.6 Å². The van der Waals surface area contributed by atoms with Crippen molar-refractivity contribution in [2.45, 2.75) is 76.6 Å². The molecule has 0 aromatic carbocycles. The highest BCUT2D eigenvalue weighted by Crippen LogP contribution is 2.40. The van der Waals surface area contributed by atoms with E-state index in [0.717, 1.165) is 32.1 Å². The lowest BCUT2D eigenvalue weighted by atomic mass is 9.76. The van der Waals surface area contributed by atoms with Crippen molar-refractivity contribution < 1.29 is 14.3 Å². The molecule has 0 bridgehead atoms. The fourth-order valence-electron chi connectivity index (χ4n) is 3.30. The van der Waals surface area contributed by atoms with E-state index in [1.165, 1.54) is 19.3 Å². The third-order valence-corrected chi connectivity index (χ3v) is 4.68. The van der Waals surface area contributed by atoms with E-state index in [0.29, 0.717) is 12.2 Å². The van der Waals surface area contributed by atoms with Crippen LogP contribution in [0.3, 0.4) is 0 Å². The Balaban J connectivity index is 1.54. The minimum atomic E-state index is -0.209. The Kier molecular flexibility index (Phi) is 2.89. The molecule has 0 aromatic heterocycles. The molecule has 1 saturated heterocycles. The van der Waals surface area contributed by atoms with Gasteiger partial charge in [0.25, 0.3) is 0 Å². The van der Waals surface area contributed by atoms with Gasteiger partial charge in [0.1, 0.15) is 6.10 Å². The molecule has 3 rings (SSSR count). The zero-order chi connectivity index (χ0) is 11.9. The summed E-state index contributed by atoms with van der Waals surface area (Å²) in [5, 5.41) is 0. The molecule has 96 valence electrons. The summed E-state index contributed by atoms with van der Waals surface area (Å²) in [5.74, 6) is 0.0429. The SMILES string of the molecule is CC1(C(=O)OC2CCC3OC3C2)CCCCC1. The van der Waals surface area contributed by atoms with Gasteiger partial charge in [-0.15, -0.1) is 0 Å². The fourth-order valence-corrected chi connectivity index (χ4v) is 3.30. The molecule has 1 aliphatic heterocycles. The summed E-state index contributed by atoms with van der Waals surface area (Å²) < 4.78 is 11.2. The van der Waals surface area contributed by atoms with E-state index in [9.17, 15) is 4.79 Å². The van der Waals surface area contributed by atoms with Gasteiger partial charge in [0, 0.05) is 6.42 Å². The van der Waals surface area contributed by atoms with Crippen LogP contribution in [-0.4, -0.2) is 24.3 Å². The minimum absolute atomic E-state index is 0.0429. The fraction of sp³-hybridized carbons (Fsp3) is 0.929. The number of hydrogen-bond acceptors (Lipinski definition) is 3. The van der Waals surface area contributed by atoms with Gasteiger partial charge in [0.15, 0.2) is 0 Å². The molecule has 0 radical (unpaired) electrons. The molecule has 3 nitrogen and oxygen atoms in total. The van der Waals surface area contributed by atoms with E-state index in [1.54, 1.807) is 0 Å². The number of ether oxygens (including phenoxy) is 2. The molecule has 2 aliphatic carbocycles. The van der Waals surface area contributed by atoms with Crippen LogP contribution in [0.15, 0.2) is 0 Å². The molecule has 17 heavy (non-hydrogen) atoms. The molecule has 1 heterocycles. The van der Waals surface area contributed by atoms with Gasteiger partial charge in [-0.3, -0.25) is 4.79 Å². The maximum Gasteiger partial charge on any atom is 0.312 e. The van der Waals surface area contributed by atoms with Crippen LogP contribution in [0, 0.1) is 5.41 Å². The van der Waals surface area contributed by atoms with Crippen molar-refractivity contribution in [3.63, 3.8) is 0 Å². The van der Waals surface area contributed by atoms with Gasteiger partial charge in [-0.05, 0) is 32.6 Å². The van der Waals surface area contributed by atoms with Crippen LogP contribution >= 0.6 is 0 Å². The first kappa shape index (κ1) is 11.5. The zero-order valence-corrected chi connectivity index (χ0v) is 10.6. The molecule has 3 aliphatic rings. The molecule has 3 atom stereocenters. The van der Waals surface area contributed by atoms with Gasteiger partial charge >= 0.3 is 5.97 Å². The lowest BCUT2D eigenvalue weighted by Crippen LogP contribution is -2.36. The average Bonchev–Trinajstić information content (AvgIpc) is 3.08. The van der Waals surface area contributed by atoms with E-state index in [-0.39, 0.29) is 17.5 Å². The van der Waals surface area contributed by atoms with E-state index < -0.39 is 0 Å². The molecular formula is C14H22O3. The van der Waals surface area contributed by atoms with E-state index >= 15 is 0 Å². The number of esters is 1. The Morgan fingerprint density at radius 2 is 1.94 bits per heavy atom. The first-order valence-corrected chi connectivity index (χ1v) is 7.04. The van der Waals surface area contributed by atoms with Crippen LogP contribution in [0.4, 0.5) is 0 Å². The normalized spacial score (nSPS) is 39.2. The highest BCUT2D eigenvalue weighted by Gasteiger charge is 2.46. The predicted molar refractivity (Wildman–Crippen MR) is 63.6 cm³/mol. The minimum Gasteiger partial charge on any atom is -0.462 e. The van der Waals surface area contributed by atoms with Gasteiger partial charge < -0.3 is 9.47 Å². The van der Waals surface area contributed by atoms with Gasteiger partial charge in [0.2, 0.25) is 0 Å². The highest BCUT2D eigenvalue weighted by molar-refractivity contribution is 5.76. The summed E-state index contributed by atoms with van der Waals surface area (Å²) >= 11 is 0. The molecular weight excluding hydrogens is 216 g/mol. The largest absolute Gasteiger partial charge is 0.462 e. The van der Waals surface area contributed by atoms with E-state index in [1.807, 2.05) is 0 Å². The Morgan fingerprint density at radius 3 is 2.65 bits per heavy atom. The van der Waals surface area contributed by atoms with Crippen LogP contribution in [0.25, 0.3) is 0 Å². The molecule has 3 fully saturated rings. The van der Waals surface area contributed by atoms with Gasteiger partial charge in [-0.1, -0.05) is 19.3 Å². The molecule has 0 spiro atoms. The number of rotatable bonds is 2. The number of fused-ring (bicyclic) bond motifs is 1. The Labute approximate surface area is 103 Å². The van der Waals surface area contributed by atoms with Crippen molar-refractivity contribution in [2.24, 2.45) is 5.41 Å². The quantitative estimate of drug-likeness (QED) is 0.548. The first-order valence-electron chi connectivity index (χ1n) is 7.04. The van der Waals surface area contributed by atoms with Crippen molar-refractivity contribution in [1.82, 2.24) is 0 Å². The number of hydrogen-bond donors (Lipinski definition) is 0. The van der Waals surface area contributed by atoms with E-state index in [2.05, 4.69) is 6.92 Å². The molecule has 3 heteroatoms. The van der Waals surface area contributed by atoms with Crippen molar-refractivity contribution in [3.05, 3.63) is 0 Å². The molecule has 0 N–H and O–H groups in total. The number of carbonyl (C=O) groups is 1. The Bertz CT molecular complexity index is 307. The summed E-state index contributed by atoms with van der Waals surface area (Å²) in [4.78, 5) is 12.2.